The third kappa shape index (κ3) is 8.16. The summed E-state index contributed by atoms with van der Waals surface area (Å²) < 4.78 is 25.7. The van der Waals surface area contributed by atoms with Gasteiger partial charge in [0.05, 0.1) is 39.1 Å². The maximum absolute atomic E-state index is 12.6. The maximum Gasteiger partial charge on any atom is 0.217 e. The second-order valence-electron chi connectivity index (χ2n) is 10.9. The molecule has 7 heteroatoms. The monoisotopic (exact) mass is 581 g/mol. The smallest absolute Gasteiger partial charge is 0.217 e. The highest BCUT2D eigenvalue weighted by Gasteiger charge is 2.63. The number of carbonyl (C=O) groups excluding carboxylic acids is 1. The molecule has 1 aliphatic carbocycles. The van der Waals surface area contributed by atoms with Crippen molar-refractivity contribution in [3.8, 4) is 0 Å². The first-order valence-corrected chi connectivity index (χ1v) is 14.6. The van der Waals surface area contributed by atoms with Gasteiger partial charge in [0.15, 0.2) is 0 Å². The van der Waals surface area contributed by atoms with E-state index in [0.29, 0.717) is 0 Å². The van der Waals surface area contributed by atoms with Gasteiger partial charge in [-0.15, -0.1) is 0 Å². The minimum Gasteiger partial charge on any atom is -0.382 e. The van der Waals surface area contributed by atoms with Crippen LogP contribution in [0, 0.1) is 0 Å². The standard InChI is InChI=1S/C36H39NO6/c1-27(38)37-34-32(41-23-29-16-8-3-9-17-29)33(42-24-30-18-10-4-11-19-30)35(43-25-31-20-12-5-13-21-31)36(34,39)26-40-22-28-14-6-2-7-15-28/h2-21,32-35,39H,22-26H2,1H3,(H,37,38)/t32-,33-,34+,35+,36-/m1/s1. The molecule has 224 valence electrons. The van der Waals surface area contributed by atoms with Crippen LogP contribution in [0.3, 0.4) is 0 Å². The number of aliphatic hydroxyl groups is 1. The van der Waals surface area contributed by atoms with Crippen LogP contribution in [-0.4, -0.2) is 47.6 Å². The van der Waals surface area contributed by atoms with Crippen molar-refractivity contribution in [2.45, 2.75) is 63.3 Å². The highest BCUT2D eigenvalue weighted by Crippen LogP contribution is 2.39. The molecule has 4 aromatic rings. The Kier molecular flexibility index (Phi) is 10.7. The van der Waals surface area contributed by atoms with Gasteiger partial charge in [0.25, 0.3) is 0 Å². The van der Waals surface area contributed by atoms with Gasteiger partial charge in [0.2, 0.25) is 5.91 Å². The van der Waals surface area contributed by atoms with Gasteiger partial charge in [-0.3, -0.25) is 4.79 Å². The lowest BCUT2D eigenvalue weighted by Crippen LogP contribution is -2.60. The van der Waals surface area contributed by atoms with Crippen LogP contribution in [0.5, 0.6) is 0 Å². The van der Waals surface area contributed by atoms with Crippen molar-refractivity contribution in [3.63, 3.8) is 0 Å². The number of carbonyl (C=O) groups is 1. The number of amides is 1. The molecule has 0 spiro atoms. The summed E-state index contributed by atoms with van der Waals surface area (Å²) in [6.07, 6.45) is -2.35. The zero-order valence-electron chi connectivity index (χ0n) is 24.4. The molecule has 0 saturated heterocycles. The fraction of sp³-hybridized carbons (Fsp3) is 0.306. The molecule has 5 rings (SSSR count). The third-order valence-corrected chi connectivity index (χ3v) is 7.63. The number of benzene rings is 4. The van der Waals surface area contributed by atoms with Gasteiger partial charge in [0, 0.05) is 6.92 Å². The fourth-order valence-corrected chi connectivity index (χ4v) is 5.52. The lowest BCUT2D eigenvalue weighted by atomic mass is 9.95. The summed E-state index contributed by atoms with van der Waals surface area (Å²) in [7, 11) is 0. The van der Waals surface area contributed by atoms with E-state index in [9.17, 15) is 9.90 Å². The second kappa shape index (κ2) is 15.0. The predicted molar refractivity (Wildman–Crippen MR) is 164 cm³/mol. The normalized spacial score (nSPS) is 23.2. The zero-order chi connectivity index (χ0) is 29.9. The van der Waals surface area contributed by atoms with Crippen LogP contribution >= 0.6 is 0 Å². The summed E-state index contributed by atoms with van der Waals surface area (Å²) in [5.41, 5.74) is 2.18. The SMILES string of the molecule is CC(=O)N[C@H]1[C@H](OCc2ccccc2)[C@@H](OCc2ccccc2)[C@H](OCc2ccccc2)[C@@]1(O)COCc1ccccc1. The van der Waals surface area contributed by atoms with Crippen molar-refractivity contribution in [2.75, 3.05) is 6.61 Å². The number of hydrogen-bond donors (Lipinski definition) is 2. The Hall–Kier alpha value is -3.85. The van der Waals surface area contributed by atoms with Crippen LogP contribution in [0.2, 0.25) is 0 Å². The molecule has 1 aliphatic rings. The highest BCUT2D eigenvalue weighted by molar-refractivity contribution is 5.73. The third-order valence-electron chi connectivity index (χ3n) is 7.63. The quantitative estimate of drug-likeness (QED) is 0.213. The molecule has 5 atom stereocenters. The van der Waals surface area contributed by atoms with Crippen molar-refractivity contribution < 1.29 is 28.8 Å². The Labute approximate surface area is 253 Å². The molecule has 0 aliphatic heterocycles. The molecular weight excluding hydrogens is 542 g/mol. The molecule has 2 N–H and O–H groups in total. The molecule has 0 unspecified atom stereocenters. The molecule has 0 aromatic heterocycles. The number of ether oxygens (including phenoxy) is 4. The van der Waals surface area contributed by atoms with E-state index in [0.717, 1.165) is 22.3 Å². The van der Waals surface area contributed by atoms with Gasteiger partial charge in [0.1, 0.15) is 23.9 Å². The van der Waals surface area contributed by atoms with Crippen LogP contribution in [0.25, 0.3) is 0 Å². The van der Waals surface area contributed by atoms with Crippen molar-refractivity contribution in [2.24, 2.45) is 0 Å². The number of hydrogen-bond acceptors (Lipinski definition) is 6. The first kappa shape index (κ1) is 30.6. The largest absolute Gasteiger partial charge is 0.382 e. The van der Waals surface area contributed by atoms with Crippen molar-refractivity contribution in [3.05, 3.63) is 144 Å². The van der Waals surface area contributed by atoms with E-state index < -0.39 is 30.0 Å². The summed E-state index contributed by atoms with van der Waals surface area (Å²) in [4.78, 5) is 12.6. The molecule has 0 heterocycles. The number of nitrogens with one attached hydrogen (secondary N) is 1. The Bertz CT molecular complexity index is 1390. The Balaban J connectivity index is 1.47. The fourth-order valence-electron chi connectivity index (χ4n) is 5.52. The van der Waals surface area contributed by atoms with E-state index in [1.54, 1.807) is 0 Å². The van der Waals surface area contributed by atoms with Crippen LogP contribution in [0.4, 0.5) is 0 Å². The van der Waals surface area contributed by atoms with Crippen LogP contribution < -0.4 is 5.32 Å². The van der Waals surface area contributed by atoms with Gasteiger partial charge in [-0.2, -0.15) is 0 Å². The molecule has 1 amide bonds. The van der Waals surface area contributed by atoms with Crippen LogP contribution in [0.1, 0.15) is 29.2 Å². The van der Waals surface area contributed by atoms with Crippen molar-refractivity contribution in [1.82, 2.24) is 5.32 Å². The predicted octanol–water partition coefficient (Wildman–Crippen LogP) is 5.21. The second-order valence-corrected chi connectivity index (χ2v) is 10.9. The topological polar surface area (TPSA) is 86.3 Å². The zero-order valence-corrected chi connectivity index (χ0v) is 24.4. The lowest BCUT2D eigenvalue weighted by molar-refractivity contribution is -0.175. The molecular formula is C36H39NO6. The van der Waals surface area contributed by atoms with E-state index in [1.807, 2.05) is 121 Å². The minimum absolute atomic E-state index is 0.108. The van der Waals surface area contributed by atoms with Gasteiger partial charge >= 0.3 is 0 Å². The van der Waals surface area contributed by atoms with Crippen LogP contribution in [0.15, 0.2) is 121 Å². The molecule has 43 heavy (non-hydrogen) atoms. The summed E-state index contributed by atoms with van der Waals surface area (Å²) in [6, 6.07) is 38.2. The first-order valence-electron chi connectivity index (χ1n) is 14.6. The first-order chi connectivity index (χ1) is 21.0. The Morgan fingerprint density at radius 1 is 0.628 bits per heavy atom. The van der Waals surface area contributed by atoms with E-state index in [1.165, 1.54) is 6.92 Å². The average molecular weight is 582 g/mol. The summed E-state index contributed by atoms with van der Waals surface area (Å²) in [5, 5.41) is 15.5. The van der Waals surface area contributed by atoms with Crippen molar-refractivity contribution in [1.29, 1.82) is 0 Å². The van der Waals surface area contributed by atoms with Gasteiger partial charge in [-0.25, -0.2) is 0 Å². The summed E-state index contributed by atoms with van der Waals surface area (Å²) in [5.74, 6) is -0.301. The van der Waals surface area contributed by atoms with E-state index in [-0.39, 0.29) is 38.9 Å². The van der Waals surface area contributed by atoms with Gasteiger partial charge in [-0.05, 0) is 22.3 Å². The molecule has 1 saturated carbocycles. The minimum atomic E-state index is -1.67. The maximum atomic E-state index is 12.6. The van der Waals surface area contributed by atoms with E-state index in [2.05, 4.69) is 5.32 Å². The summed E-state index contributed by atoms with van der Waals surface area (Å²) in [6.45, 7) is 2.37. The number of rotatable bonds is 14. The lowest BCUT2D eigenvalue weighted by Gasteiger charge is -2.35. The molecule has 1 fully saturated rings. The average Bonchev–Trinajstić information content (AvgIpc) is 3.25. The molecule has 0 radical (unpaired) electrons. The summed E-state index contributed by atoms with van der Waals surface area (Å²) >= 11 is 0. The molecule has 0 bridgehead atoms. The van der Waals surface area contributed by atoms with Gasteiger partial charge < -0.3 is 29.4 Å². The Morgan fingerprint density at radius 3 is 1.47 bits per heavy atom. The van der Waals surface area contributed by atoms with E-state index in [4.69, 9.17) is 18.9 Å². The molecule has 4 aromatic carbocycles. The van der Waals surface area contributed by atoms with Crippen LogP contribution in [-0.2, 0) is 50.2 Å². The highest BCUT2D eigenvalue weighted by atomic mass is 16.6. The molecule has 7 nitrogen and oxygen atoms in total. The Morgan fingerprint density at radius 2 is 1.02 bits per heavy atom. The van der Waals surface area contributed by atoms with Gasteiger partial charge in [-0.1, -0.05) is 121 Å². The van der Waals surface area contributed by atoms with E-state index >= 15 is 0 Å². The van der Waals surface area contributed by atoms with Crippen molar-refractivity contribution >= 4 is 5.91 Å².